The average Bonchev–Trinajstić information content (AvgIpc) is 2.89. The lowest BCUT2D eigenvalue weighted by Crippen LogP contribution is -2.16. The van der Waals surface area contributed by atoms with E-state index in [9.17, 15) is 5.11 Å². The summed E-state index contributed by atoms with van der Waals surface area (Å²) in [5, 5.41) is 21.3. The quantitative estimate of drug-likeness (QED) is 0.396. The van der Waals surface area contributed by atoms with Crippen LogP contribution in [0.15, 0.2) is 79.4 Å². The molecule has 0 aromatic heterocycles. The molecule has 1 atom stereocenters. The first kappa shape index (κ1) is 29.1. The van der Waals surface area contributed by atoms with Crippen molar-refractivity contribution in [3.05, 3.63) is 96.1 Å². The largest absolute Gasteiger partial charge is 0.504 e. The molecule has 3 aromatic rings. The van der Waals surface area contributed by atoms with Crippen LogP contribution in [0.2, 0.25) is 0 Å². The Hall–Kier alpha value is -3.90. The number of methoxy groups -OCH3 is 1. The Morgan fingerprint density at radius 1 is 1.06 bits per heavy atom. The van der Waals surface area contributed by atoms with Crippen molar-refractivity contribution in [3.8, 4) is 17.2 Å². The standard InChI is InChI=1S/C18H23NO2.C9H10O2.CO2/c1-19-13-11-18(16-5-3-2-4-6-16)21-17-9-7-15(8-10-17)12-14-20;1-3-7-4-5-8(10)9(6-7)11-2;2-1-3/h2-10,18-20H,11-14H2,1H3;3-6,10H,1H2,2H3;/t18-;;/m0../s1. The van der Waals surface area contributed by atoms with Crippen LogP contribution in [0.4, 0.5) is 0 Å². The molecule has 0 bridgehead atoms. The number of hydrogen-bond acceptors (Lipinski definition) is 7. The molecule has 3 rings (SSSR count). The van der Waals surface area contributed by atoms with E-state index in [0.29, 0.717) is 12.2 Å². The molecule has 0 aliphatic rings. The van der Waals surface area contributed by atoms with Crippen LogP contribution >= 0.6 is 0 Å². The van der Waals surface area contributed by atoms with Crippen molar-refractivity contribution in [1.29, 1.82) is 0 Å². The highest BCUT2D eigenvalue weighted by Crippen LogP contribution is 2.26. The number of nitrogens with one attached hydrogen (secondary N) is 1. The molecule has 0 heterocycles. The molecule has 7 heteroatoms. The van der Waals surface area contributed by atoms with Gasteiger partial charge in [0, 0.05) is 13.0 Å². The molecule has 0 spiro atoms. The summed E-state index contributed by atoms with van der Waals surface area (Å²) < 4.78 is 11.0. The van der Waals surface area contributed by atoms with Gasteiger partial charge in [0.1, 0.15) is 11.9 Å². The monoisotopic (exact) mass is 479 g/mol. The van der Waals surface area contributed by atoms with Crippen molar-refractivity contribution in [1.82, 2.24) is 5.32 Å². The van der Waals surface area contributed by atoms with Crippen LogP contribution in [-0.4, -0.2) is 43.7 Å². The summed E-state index contributed by atoms with van der Waals surface area (Å²) in [6, 6.07) is 23.3. The van der Waals surface area contributed by atoms with E-state index < -0.39 is 0 Å². The smallest absolute Gasteiger partial charge is 0.373 e. The van der Waals surface area contributed by atoms with Gasteiger partial charge in [0.25, 0.3) is 0 Å². The van der Waals surface area contributed by atoms with Gasteiger partial charge in [-0.2, -0.15) is 9.59 Å². The number of rotatable bonds is 10. The highest BCUT2D eigenvalue weighted by Gasteiger charge is 2.12. The topological polar surface area (TPSA) is 105 Å². The van der Waals surface area contributed by atoms with Gasteiger partial charge in [0.15, 0.2) is 11.5 Å². The second-order valence-electron chi connectivity index (χ2n) is 7.25. The fourth-order valence-corrected chi connectivity index (χ4v) is 3.09. The van der Waals surface area contributed by atoms with E-state index in [-0.39, 0.29) is 24.6 Å². The number of phenols is 1. The number of aromatic hydroxyl groups is 1. The lowest BCUT2D eigenvalue weighted by Gasteiger charge is -2.20. The van der Waals surface area contributed by atoms with E-state index >= 15 is 0 Å². The molecule has 0 saturated carbocycles. The second-order valence-corrected chi connectivity index (χ2v) is 7.25. The number of carbonyl (C=O) groups excluding carboxylic acids is 2. The van der Waals surface area contributed by atoms with E-state index in [0.717, 1.165) is 29.8 Å². The van der Waals surface area contributed by atoms with E-state index in [1.807, 2.05) is 49.5 Å². The van der Waals surface area contributed by atoms with E-state index in [2.05, 4.69) is 24.0 Å². The number of phenolic OH excluding ortho intramolecular Hbond substituents is 1. The third-order valence-corrected chi connectivity index (χ3v) is 4.87. The van der Waals surface area contributed by atoms with Gasteiger partial charge in [0.2, 0.25) is 0 Å². The fourth-order valence-electron chi connectivity index (χ4n) is 3.09. The Balaban J connectivity index is 0.000000366. The van der Waals surface area contributed by atoms with Gasteiger partial charge in [-0.05, 0) is 61.0 Å². The van der Waals surface area contributed by atoms with Gasteiger partial charge in [0.05, 0.1) is 7.11 Å². The van der Waals surface area contributed by atoms with Crippen molar-refractivity contribution < 1.29 is 29.3 Å². The minimum absolute atomic E-state index is 0.0438. The normalized spacial score (nSPS) is 10.4. The van der Waals surface area contributed by atoms with E-state index in [4.69, 9.17) is 24.2 Å². The zero-order chi connectivity index (χ0) is 25.9. The number of aliphatic hydroxyl groups excluding tert-OH is 1. The SMILES string of the molecule is C=Cc1ccc(O)c(OC)c1.CNCC[C@H](Oc1ccc(CCO)cc1)c1ccccc1.O=C=O. The maximum atomic E-state index is 9.17. The predicted molar refractivity (Wildman–Crippen MR) is 135 cm³/mol. The summed E-state index contributed by atoms with van der Waals surface area (Å²) in [5.74, 6) is 1.49. The molecule has 0 fully saturated rings. The molecule has 7 nitrogen and oxygen atoms in total. The summed E-state index contributed by atoms with van der Waals surface area (Å²) in [5.41, 5.74) is 3.24. The molecule has 0 aliphatic heterocycles. The number of benzene rings is 3. The van der Waals surface area contributed by atoms with Crippen LogP contribution in [0.25, 0.3) is 6.08 Å². The molecule has 0 unspecified atom stereocenters. The zero-order valence-corrected chi connectivity index (χ0v) is 20.1. The Kier molecular flexibility index (Phi) is 14.6. The van der Waals surface area contributed by atoms with Crippen molar-refractivity contribution in [2.24, 2.45) is 0 Å². The van der Waals surface area contributed by atoms with Crippen LogP contribution in [0.5, 0.6) is 17.2 Å². The molecule has 186 valence electrons. The van der Waals surface area contributed by atoms with Crippen LogP contribution < -0.4 is 14.8 Å². The van der Waals surface area contributed by atoms with E-state index in [1.54, 1.807) is 24.3 Å². The van der Waals surface area contributed by atoms with Gasteiger partial charge in [-0.25, -0.2) is 0 Å². The van der Waals surface area contributed by atoms with Crippen LogP contribution in [0.3, 0.4) is 0 Å². The van der Waals surface area contributed by atoms with Gasteiger partial charge < -0.3 is 25.0 Å². The summed E-state index contributed by atoms with van der Waals surface area (Å²) in [6.07, 6.45) is 3.59. The number of ether oxygens (including phenoxy) is 2. The molecular weight excluding hydrogens is 446 g/mol. The van der Waals surface area contributed by atoms with Crippen molar-refractivity contribution in [2.75, 3.05) is 27.3 Å². The van der Waals surface area contributed by atoms with Crippen LogP contribution in [0, 0.1) is 0 Å². The first-order valence-electron chi connectivity index (χ1n) is 11.1. The summed E-state index contributed by atoms with van der Waals surface area (Å²) in [6.45, 7) is 4.68. The summed E-state index contributed by atoms with van der Waals surface area (Å²) >= 11 is 0. The first-order chi connectivity index (χ1) is 17.0. The molecule has 3 N–H and O–H groups in total. The Bertz CT molecular complexity index is 1020. The molecule has 0 radical (unpaired) electrons. The molecular formula is C28H33NO6. The van der Waals surface area contributed by atoms with Crippen molar-refractivity contribution in [2.45, 2.75) is 18.9 Å². The minimum Gasteiger partial charge on any atom is -0.504 e. The molecule has 0 amide bonds. The van der Waals surface area contributed by atoms with Crippen molar-refractivity contribution in [3.63, 3.8) is 0 Å². The van der Waals surface area contributed by atoms with Gasteiger partial charge in [-0.15, -0.1) is 0 Å². The average molecular weight is 480 g/mol. The van der Waals surface area contributed by atoms with Crippen LogP contribution in [-0.2, 0) is 16.0 Å². The second kappa shape index (κ2) is 17.6. The third-order valence-electron chi connectivity index (χ3n) is 4.87. The highest BCUT2D eigenvalue weighted by molar-refractivity contribution is 5.53. The third kappa shape index (κ3) is 11.2. The minimum atomic E-state index is 0.0438. The molecule has 3 aromatic carbocycles. The maximum absolute atomic E-state index is 9.17. The Morgan fingerprint density at radius 2 is 1.71 bits per heavy atom. The number of aliphatic hydroxyl groups is 1. The lowest BCUT2D eigenvalue weighted by atomic mass is 10.1. The maximum Gasteiger partial charge on any atom is 0.373 e. The lowest BCUT2D eigenvalue weighted by molar-refractivity contribution is -0.191. The Morgan fingerprint density at radius 3 is 2.26 bits per heavy atom. The molecule has 35 heavy (non-hydrogen) atoms. The first-order valence-corrected chi connectivity index (χ1v) is 11.1. The molecule has 0 aliphatic carbocycles. The van der Waals surface area contributed by atoms with Gasteiger partial charge in [-0.1, -0.05) is 61.2 Å². The summed E-state index contributed by atoms with van der Waals surface area (Å²) in [7, 11) is 3.47. The van der Waals surface area contributed by atoms with Gasteiger partial charge in [-0.3, -0.25) is 0 Å². The van der Waals surface area contributed by atoms with E-state index in [1.165, 1.54) is 12.7 Å². The zero-order valence-electron chi connectivity index (χ0n) is 20.1. The Labute approximate surface area is 206 Å². The van der Waals surface area contributed by atoms with Gasteiger partial charge >= 0.3 is 6.15 Å². The number of hydrogen-bond donors (Lipinski definition) is 3. The predicted octanol–water partition coefficient (Wildman–Crippen LogP) is 4.41. The van der Waals surface area contributed by atoms with Crippen molar-refractivity contribution >= 4 is 12.2 Å². The van der Waals surface area contributed by atoms with Crippen LogP contribution in [0.1, 0.15) is 29.2 Å². The highest BCUT2D eigenvalue weighted by atomic mass is 16.5. The fraction of sp³-hybridized carbons (Fsp3) is 0.250. The summed E-state index contributed by atoms with van der Waals surface area (Å²) in [4.78, 5) is 16.2. The molecule has 0 saturated heterocycles.